The Hall–Kier alpha value is -4.68. The maximum atomic E-state index is 12.9. The number of halogens is 3. The van der Waals surface area contributed by atoms with Crippen molar-refractivity contribution in [3.63, 3.8) is 0 Å². The minimum atomic E-state index is -4.56. The second kappa shape index (κ2) is 10.5. The zero-order valence-electron chi connectivity index (χ0n) is 19.2. The number of rotatable bonds is 7. The fraction of sp³-hybridized carbons (Fsp3) is 0.208. The Morgan fingerprint density at radius 1 is 1.16 bits per heavy atom. The number of benzene rings is 1. The van der Waals surface area contributed by atoms with Gasteiger partial charge in [0, 0.05) is 36.6 Å². The lowest BCUT2D eigenvalue weighted by Gasteiger charge is -2.18. The van der Waals surface area contributed by atoms with Crippen LogP contribution in [-0.2, 0) is 15.7 Å². The van der Waals surface area contributed by atoms with Gasteiger partial charge in [-0.25, -0.2) is 9.97 Å². The number of amides is 2. The highest BCUT2D eigenvalue weighted by Crippen LogP contribution is 2.30. The van der Waals surface area contributed by atoms with Gasteiger partial charge < -0.3 is 26.0 Å². The van der Waals surface area contributed by atoms with Crippen LogP contribution in [0.4, 0.5) is 36.2 Å². The van der Waals surface area contributed by atoms with Crippen molar-refractivity contribution in [1.82, 2.24) is 14.9 Å². The number of aromatic nitrogens is 2. The minimum absolute atomic E-state index is 0.0739. The molecule has 3 heterocycles. The lowest BCUT2D eigenvalue weighted by atomic mass is 10.1. The Morgan fingerprint density at radius 3 is 2.57 bits per heavy atom. The molecule has 10 nitrogen and oxygen atoms in total. The number of anilines is 4. The van der Waals surface area contributed by atoms with Gasteiger partial charge in [-0.05, 0) is 42.5 Å². The summed E-state index contributed by atoms with van der Waals surface area (Å²) in [6.45, 7) is 0.910. The highest BCUT2D eigenvalue weighted by molar-refractivity contribution is 6.04. The van der Waals surface area contributed by atoms with Gasteiger partial charge in [0.15, 0.2) is 0 Å². The lowest BCUT2D eigenvalue weighted by molar-refractivity contribution is -0.137. The molecule has 1 unspecified atom stereocenters. The van der Waals surface area contributed by atoms with Gasteiger partial charge in [-0.2, -0.15) is 13.2 Å². The molecule has 37 heavy (non-hydrogen) atoms. The topological polar surface area (TPSA) is 146 Å². The van der Waals surface area contributed by atoms with Crippen LogP contribution in [0.1, 0.15) is 27.9 Å². The molecule has 2 aromatic heterocycles. The Bertz CT molecular complexity index is 1320. The number of nitrogens with one attached hydrogen (secondary N) is 3. The fourth-order valence-electron chi connectivity index (χ4n) is 3.72. The van der Waals surface area contributed by atoms with Crippen LogP contribution in [0.3, 0.4) is 0 Å². The van der Waals surface area contributed by atoms with Gasteiger partial charge in [-0.15, -0.1) is 0 Å². The average Bonchev–Trinajstić information content (AvgIpc) is 3.31. The van der Waals surface area contributed by atoms with Crippen LogP contribution in [0.25, 0.3) is 0 Å². The summed E-state index contributed by atoms with van der Waals surface area (Å²) in [6.07, 6.45) is -1.15. The molecule has 192 valence electrons. The van der Waals surface area contributed by atoms with Crippen molar-refractivity contribution in [2.75, 3.05) is 29.5 Å². The van der Waals surface area contributed by atoms with Crippen molar-refractivity contribution in [1.29, 1.82) is 5.41 Å². The third-order valence-electron chi connectivity index (χ3n) is 5.57. The molecule has 0 aliphatic carbocycles. The minimum Gasteiger partial charge on any atom is -0.472 e. The van der Waals surface area contributed by atoms with E-state index in [2.05, 4.69) is 20.6 Å². The summed E-state index contributed by atoms with van der Waals surface area (Å²) in [4.78, 5) is 32.8. The predicted molar refractivity (Wildman–Crippen MR) is 130 cm³/mol. The van der Waals surface area contributed by atoms with E-state index < -0.39 is 17.6 Å². The lowest BCUT2D eigenvalue weighted by Crippen LogP contribution is -2.24. The third kappa shape index (κ3) is 6.12. The number of nitrogen functional groups attached to an aromatic ring is 1. The van der Waals surface area contributed by atoms with Gasteiger partial charge in [-0.1, -0.05) is 0 Å². The number of alkyl halides is 3. The van der Waals surface area contributed by atoms with E-state index in [1.807, 2.05) is 0 Å². The smallest absolute Gasteiger partial charge is 0.416 e. The van der Waals surface area contributed by atoms with E-state index in [9.17, 15) is 22.8 Å². The van der Waals surface area contributed by atoms with Gasteiger partial charge in [0.2, 0.25) is 12.3 Å². The monoisotopic (exact) mass is 513 g/mol. The molecule has 0 bridgehead atoms. The quantitative estimate of drug-likeness (QED) is 0.214. The summed E-state index contributed by atoms with van der Waals surface area (Å²) >= 11 is 0. The predicted octanol–water partition coefficient (Wildman–Crippen LogP) is 3.65. The van der Waals surface area contributed by atoms with Gasteiger partial charge in [-0.3, -0.25) is 15.0 Å². The van der Waals surface area contributed by atoms with Crippen LogP contribution < -0.4 is 16.4 Å². The molecule has 2 amide bonds. The van der Waals surface area contributed by atoms with Crippen molar-refractivity contribution in [3.8, 4) is 0 Å². The van der Waals surface area contributed by atoms with E-state index >= 15 is 0 Å². The van der Waals surface area contributed by atoms with Crippen LogP contribution in [0, 0.1) is 5.41 Å². The average molecular weight is 513 g/mol. The van der Waals surface area contributed by atoms with E-state index in [-0.39, 0.29) is 34.8 Å². The molecule has 1 fully saturated rings. The van der Waals surface area contributed by atoms with Crippen LogP contribution >= 0.6 is 0 Å². The zero-order chi connectivity index (χ0) is 26.6. The van der Waals surface area contributed by atoms with Gasteiger partial charge in [0.25, 0.3) is 5.91 Å². The second-order valence-electron chi connectivity index (χ2n) is 8.16. The summed E-state index contributed by atoms with van der Waals surface area (Å²) < 4.78 is 44.4. The molecule has 0 radical (unpaired) electrons. The molecule has 3 aromatic rings. The Kier molecular flexibility index (Phi) is 7.22. The van der Waals surface area contributed by atoms with E-state index in [1.54, 1.807) is 23.1 Å². The zero-order valence-corrected chi connectivity index (χ0v) is 19.2. The molecule has 4 rings (SSSR count). The Labute approximate surface area is 209 Å². The second-order valence-corrected chi connectivity index (χ2v) is 8.16. The number of nitrogens with two attached hydrogens (primary N) is 1. The molecule has 1 aliphatic heterocycles. The first kappa shape index (κ1) is 25.4. The maximum absolute atomic E-state index is 12.9. The molecule has 13 heteroatoms. The summed E-state index contributed by atoms with van der Waals surface area (Å²) in [5, 5.41) is 13.8. The molecule has 1 saturated heterocycles. The number of carbonyl (C=O) groups is 2. The summed E-state index contributed by atoms with van der Waals surface area (Å²) in [7, 11) is 0. The number of ether oxygens (including phenoxy) is 1. The number of pyridine rings is 2. The molecule has 5 N–H and O–H groups in total. The van der Waals surface area contributed by atoms with Crippen molar-refractivity contribution in [2.45, 2.75) is 18.7 Å². The maximum Gasteiger partial charge on any atom is 0.416 e. The molecule has 1 aliphatic rings. The molecular weight excluding hydrogens is 491 g/mol. The number of hydrogen-bond acceptors (Lipinski definition) is 8. The van der Waals surface area contributed by atoms with E-state index in [1.165, 1.54) is 18.3 Å². The highest BCUT2D eigenvalue weighted by Gasteiger charge is 2.31. The standard InChI is InChI=1S/C24H22F3N7O3/c25-24(26,27)15-5-8-30-19(11-15)33-23(36)14-1-3-16(4-2-14)32-18-6-9-31-21(28)20(18)22(29)37-17-7-10-34(12-17)13-35/h1-6,8-9,11,13,17,29H,7,10,12H2,(H3,28,31,32)(H,30,33,36). The van der Waals surface area contributed by atoms with Crippen molar-refractivity contribution >= 4 is 41.2 Å². The van der Waals surface area contributed by atoms with Crippen molar-refractivity contribution in [3.05, 3.63) is 71.5 Å². The van der Waals surface area contributed by atoms with E-state index in [0.29, 0.717) is 30.9 Å². The molecule has 1 aromatic carbocycles. The number of hydrogen-bond donors (Lipinski definition) is 4. The van der Waals surface area contributed by atoms with E-state index in [0.717, 1.165) is 24.7 Å². The highest BCUT2D eigenvalue weighted by atomic mass is 19.4. The third-order valence-corrected chi connectivity index (χ3v) is 5.57. The number of likely N-dealkylation sites (tertiary alicyclic amines) is 1. The van der Waals surface area contributed by atoms with Crippen LogP contribution in [-0.4, -0.2) is 52.3 Å². The van der Waals surface area contributed by atoms with Crippen LogP contribution in [0.5, 0.6) is 0 Å². The van der Waals surface area contributed by atoms with Crippen LogP contribution in [0.15, 0.2) is 54.9 Å². The summed E-state index contributed by atoms with van der Waals surface area (Å²) in [6, 6.07) is 9.29. The largest absolute Gasteiger partial charge is 0.472 e. The Balaban J connectivity index is 1.45. The fourth-order valence-corrected chi connectivity index (χ4v) is 3.72. The Morgan fingerprint density at radius 2 is 1.89 bits per heavy atom. The normalized spacial score (nSPS) is 15.2. The van der Waals surface area contributed by atoms with Crippen molar-refractivity contribution < 1.29 is 27.5 Å². The molecular formula is C24H22F3N7O3. The molecule has 0 spiro atoms. The molecule has 1 atom stereocenters. The molecule has 0 saturated carbocycles. The number of nitrogens with zero attached hydrogens (tertiary/aromatic N) is 3. The van der Waals surface area contributed by atoms with Crippen molar-refractivity contribution in [2.24, 2.45) is 0 Å². The first-order chi connectivity index (χ1) is 17.6. The van der Waals surface area contributed by atoms with Gasteiger partial charge >= 0.3 is 6.18 Å². The van der Waals surface area contributed by atoms with Gasteiger partial charge in [0.1, 0.15) is 23.3 Å². The van der Waals surface area contributed by atoms with Gasteiger partial charge in [0.05, 0.1) is 17.8 Å². The van der Waals surface area contributed by atoms with Crippen LogP contribution in [0.2, 0.25) is 0 Å². The number of carbonyl (C=O) groups excluding carboxylic acids is 2. The SMILES string of the molecule is N=C(OC1CCN(C=O)C1)c1c(Nc2ccc(C(=O)Nc3cc(C(F)(F)F)ccn3)cc2)ccnc1N. The first-order valence-corrected chi connectivity index (χ1v) is 11.0. The summed E-state index contributed by atoms with van der Waals surface area (Å²) in [5.74, 6) is -0.987. The summed E-state index contributed by atoms with van der Waals surface area (Å²) in [5.41, 5.74) is 6.50. The van der Waals surface area contributed by atoms with E-state index in [4.69, 9.17) is 15.9 Å². The first-order valence-electron chi connectivity index (χ1n) is 11.0.